The van der Waals surface area contributed by atoms with Crippen molar-refractivity contribution >= 4 is 17.1 Å². The van der Waals surface area contributed by atoms with Gasteiger partial charge in [-0.1, -0.05) is 12.1 Å². The first kappa shape index (κ1) is 11.0. The Morgan fingerprint density at radius 3 is 2.88 bits per heavy atom. The lowest BCUT2D eigenvalue weighted by atomic mass is 10.1. The molecule has 0 saturated heterocycles. The maximum absolute atomic E-state index is 11.7. The molecule has 2 aromatic heterocycles. The minimum atomic E-state index is 0.257. The minimum absolute atomic E-state index is 0.257. The van der Waals surface area contributed by atoms with Gasteiger partial charge in [0.15, 0.2) is 0 Å². The first-order valence-corrected chi connectivity index (χ1v) is 6.16. The zero-order chi connectivity index (χ0) is 11.2. The van der Waals surface area contributed by atoms with E-state index >= 15 is 0 Å². The van der Waals surface area contributed by atoms with Gasteiger partial charge in [0.1, 0.15) is 5.78 Å². The van der Waals surface area contributed by atoms with Gasteiger partial charge in [-0.2, -0.15) is 0 Å². The summed E-state index contributed by atoms with van der Waals surface area (Å²) in [6.07, 6.45) is 3.63. The van der Waals surface area contributed by atoms with Gasteiger partial charge in [0.2, 0.25) is 0 Å². The molecule has 2 nitrogen and oxygen atoms in total. The zero-order valence-electron chi connectivity index (χ0n) is 8.93. The van der Waals surface area contributed by atoms with Gasteiger partial charge < -0.3 is 0 Å². The smallest absolute Gasteiger partial charge is 0.139 e. The van der Waals surface area contributed by atoms with Crippen LogP contribution in [-0.2, 0) is 17.6 Å². The van der Waals surface area contributed by atoms with Crippen LogP contribution in [0.3, 0.4) is 0 Å². The molecule has 0 aromatic carbocycles. The number of pyridine rings is 1. The van der Waals surface area contributed by atoms with Crippen LogP contribution in [0.15, 0.2) is 41.9 Å². The summed E-state index contributed by atoms with van der Waals surface area (Å²) in [6, 6.07) is 9.75. The van der Waals surface area contributed by atoms with Gasteiger partial charge in [-0.15, -0.1) is 11.3 Å². The summed E-state index contributed by atoms with van der Waals surface area (Å²) in [7, 11) is 0. The average molecular weight is 231 g/mol. The van der Waals surface area contributed by atoms with Crippen molar-refractivity contribution in [2.75, 3.05) is 0 Å². The van der Waals surface area contributed by atoms with E-state index in [9.17, 15) is 4.79 Å². The third kappa shape index (κ3) is 3.28. The molecule has 0 amide bonds. The number of aromatic nitrogens is 1. The van der Waals surface area contributed by atoms with Crippen LogP contribution in [0.5, 0.6) is 0 Å². The molecule has 16 heavy (non-hydrogen) atoms. The third-order valence-electron chi connectivity index (χ3n) is 2.33. The lowest BCUT2D eigenvalue weighted by Crippen LogP contribution is -2.04. The predicted octanol–water partition coefficient (Wildman–Crippen LogP) is 2.89. The number of thiophene rings is 1. The van der Waals surface area contributed by atoms with E-state index in [0.29, 0.717) is 12.8 Å². The quantitative estimate of drug-likeness (QED) is 0.792. The van der Waals surface area contributed by atoms with Crippen molar-refractivity contribution in [2.45, 2.75) is 19.3 Å². The van der Waals surface area contributed by atoms with Gasteiger partial charge in [-0.25, -0.2) is 0 Å². The van der Waals surface area contributed by atoms with Crippen molar-refractivity contribution < 1.29 is 4.79 Å². The Morgan fingerprint density at radius 2 is 2.19 bits per heavy atom. The van der Waals surface area contributed by atoms with Crippen LogP contribution in [-0.4, -0.2) is 10.8 Å². The maximum atomic E-state index is 11.7. The lowest BCUT2D eigenvalue weighted by molar-refractivity contribution is -0.118. The zero-order valence-corrected chi connectivity index (χ0v) is 9.74. The Kier molecular flexibility index (Phi) is 3.83. The van der Waals surface area contributed by atoms with Crippen LogP contribution in [0.1, 0.15) is 17.0 Å². The maximum Gasteiger partial charge on any atom is 0.139 e. The fourth-order valence-corrected chi connectivity index (χ4v) is 2.22. The Morgan fingerprint density at radius 1 is 1.25 bits per heavy atom. The monoisotopic (exact) mass is 231 g/mol. The SMILES string of the molecule is O=C(CCc1cccs1)Cc1ccccn1. The fraction of sp³-hybridized carbons (Fsp3) is 0.231. The highest BCUT2D eigenvalue weighted by Gasteiger charge is 2.05. The van der Waals surface area contributed by atoms with Gasteiger partial charge in [0.25, 0.3) is 0 Å². The second-order valence-corrected chi connectivity index (χ2v) is 4.65. The highest BCUT2D eigenvalue weighted by Crippen LogP contribution is 2.11. The summed E-state index contributed by atoms with van der Waals surface area (Å²) < 4.78 is 0. The molecular formula is C13H13NOS. The summed E-state index contributed by atoms with van der Waals surface area (Å²) in [4.78, 5) is 17.1. The predicted molar refractivity (Wildman–Crippen MR) is 65.6 cm³/mol. The Bertz CT molecular complexity index is 436. The molecule has 0 aliphatic carbocycles. The van der Waals surface area contributed by atoms with Crippen LogP contribution in [0, 0.1) is 0 Å². The topological polar surface area (TPSA) is 30.0 Å². The average Bonchev–Trinajstić information content (AvgIpc) is 2.81. The molecule has 2 aromatic rings. The number of carbonyl (C=O) groups excluding carboxylic acids is 1. The first-order valence-electron chi connectivity index (χ1n) is 5.28. The molecule has 0 radical (unpaired) electrons. The second-order valence-electron chi connectivity index (χ2n) is 3.62. The van der Waals surface area contributed by atoms with Crippen LogP contribution in [0.4, 0.5) is 0 Å². The van der Waals surface area contributed by atoms with Gasteiger partial charge >= 0.3 is 0 Å². The number of rotatable bonds is 5. The number of nitrogens with zero attached hydrogens (tertiary/aromatic N) is 1. The van der Waals surface area contributed by atoms with Crippen LogP contribution in [0.2, 0.25) is 0 Å². The number of Topliss-reactive ketones (excluding diaryl/α,β-unsaturated/α-hetero) is 1. The molecule has 0 atom stereocenters. The number of hydrogen-bond acceptors (Lipinski definition) is 3. The van der Waals surface area contributed by atoms with Gasteiger partial charge in [-0.3, -0.25) is 9.78 Å². The standard InChI is InChI=1S/C13H13NOS/c15-12(6-7-13-5-3-9-16-13)10-11-4-1-2-8-14-11/h1-5,8-9H,6-7,10H2. The molecule has 0 fully saturated rings. The number of ketones is 1. The summed E-state index contributed by atoms with van der Waals surface area (Å²) in [5.41, 5.74) is 0.860. The first-order chi connectivity index (χ1) is 7.84. The van der Waals surface area contributed by atoms with Crippen molar-refractivity contribution in [3.8, 4) is 0 Å². The highest BCUT2D eigenvalue weighted by molar-refractivity contribution is 7.09. The van der Waals surface area contributed by atoms with Crippen molar-refractivity contribution in [2.24, 2.45) is 0 Å². The molecule has 0 bridgehead atoms. The third-order valence-corrected chi connectivity index (χ3v) is 3.27. The fourth-order valence-electron chi connectivity index (χ4n) is 1.51. The summed E-state index contributed by atoms with van der Waals surface area (Å²) in [6.45, 7) is 0. The summed E-state index contributed by atoms with van der Waals surface area (Å²) >= 11 is 1.70. The van der Waals surface area contributed by atoms with E-state index in [4.69, 9.17) is 0 Å². The van der Waals surface area contributed by atoms with E-state index in [1.165, 1.54) is 4.88 Å². The van der Waals surface area contributed by atoms with E-state index in [0.717, 1.165) is 12.1 Å². The van der Waals surface area contributed by atoms with Crippen molar-refractivity contribution in [1.29, 1.82) is 0 Å². The van der Waals surface area contributed by atoms with Gasteiger partial charge in [-0.05, 0) is 30.0 Å². The van der Waals surface area contributed by atoms with Crippen molar-refractivity contribution in [1.82, 2.24) is 4.98 Å². The number of hydrogen-bond donors (Lipinski definition) is 0. The second kappa shape index (κ2) is 5.56. The van der Waals surface area contributed by atoms with Crippen LogP contribution in [0.25, 0.3) is 0 Å². The van der Waals surface area contributed by atoms with E-state index in [1.54, 1.807) is 17.5 Å². The molecule has 2 heterocycles. The molecule has 0 aliphatic rings. The van der Waals surface area contributed by atoms with Gasteiger partial charge in [0.05, 0.1) is 0 Å². The van der Waals surface area contributed by atoms with Crippen LogP contribution < -0.4 is 0 Å². The van der Waals surface area contributed by atoms with Crippen LogP contribution >= 0.6 is 11.3 Å². The number of carbonyl (C=O) groups is 1. The molecule has 0 N–H and O–H groups in total. The van der Waals surface area contributed by atoms with E-state index in [-0.39, 0.29) is 5.78 Å². The Labute approximate surface area is 99.0 Å². The molecule has 0 aliphatic heterocycles. The molecule has 82 valence electrons. The molecule has 0 spiro atoms. The molecular weight excluding hydrogens is 218 g/mol. The summed E-state index contributed by atoms with van der Waals surface area (Å²) in [5, 5.41) is 2.04. The molecule has 0 saturated carbocycles. The largest absolute Gasteiger partial charge is 0.299 e. The normalized spacial score (nSPS) is 10.2. The highest BCUT2D eigenvalue weighted by atomic mass is 32.1. The lowest BCUT2D eigenvalue weighted by Gasteiger charge is -1.99. The van der Waals surface area contributed by atoms with Gasteiger partial charge in [0, 0.05) is 29.6 Å². The van der Waals surface area contributed by atoms with E-state index < -0.39 is 0 Å². The minimum Gasteiger partial charge on any atom is -0.299 e. The Balaban J connectivity index is 1.81. The Hall–Kier alpha value is -1.48. The van der Waals surface area contributed by atoms with E-state index in [2.05, 4.69) is 11.1 Å². The molecule has 2 rings (SSSR count). The van der Waals surface area contributed by atoms with Crippen molar-refractivity contribution in [3.63, 3.8) is 0 Å². The molecule has 0 unspecified atom stereocenters. The number of aryl methyl sites for hydroxylation is 1. The summed E-state index contributed by atoms with van der Waals surface area (Å²) in [5.74, 6) is 0.257. The van der Waals surface area contributed by atoms with E-state index in [1.807, 2.05) is 29.6 Å². The van der Waals surface area contributed by atoms with Crippen molar-refractivity contribution in [3.05, 3.63) is 52.5 Å². The molecule has 3 heteroatoms.